The number of benzene rings is 2. The molecule has 0 bridgehead atoms. The number of nitrogens with one attached hydrogen (secondary N) is 2. The van der Waals surface area contributed by atoms with Gasteiger partial charge in [-0.25, -0.2) is 4.99 Å². The van der Waals surface area contributed by atoms with E-state index in [4.69, 9.17) is 28.9 Å². The summed E-state index contributed by atoms with van der Waals surface area (Å²) in [6.45, 7) is 2.77. The Morgan fingerprint density at radius 2 is 1.92 bits per heavy atom. The Morgan fingerprint density at radius 3 is 2.68 bits per heavy atom. The molecule has 4 N–H and O–H groups in total. The van der Waals surface area contributed by atoms with Crippen LogP contribution in [-0.4, -0.2) is 12.5 Å². The van der Waals surface area contributed by atoms with Crippen LogP contribution < -0.4 is 16.4 Å². The third-order valence-corrected chi connectivity index (χ3v) is 4.80. The quantitative estimate of drug-likeness (QED) is 0.742. The van der Waals surface area contributed by atoms with E-state index >= 15 is 0 Å². The number of hydrogen-bond acceptors (Lipinski definition) is 4. The maximum atomic E-state index is 6.23. The largest absolute Gasteiger partial charge is 0.371 e. The number of nitrogens with zero attached hydrogens (tertiary/aromatic N) is 1. The highest BCUT2D eigenvalue weighted by Gasteiger charge is 2.17. The van der Waals surface area contributed by atoms with Gasteiger partial charge in [0.15, 0.2) is 5.96 Å². The molecule has 1 atom stereocenters. The molecule has 0 aromatic heterocycles. The fourth-order valence-corrected chi connectivity index (χ4v) is 3.06. The monoisotopic (exact) mass is 374 g/mol. The summed E-state index contributed by atoms with van der Waals surface area (Å²) >= 11 is 12.1. The van der Waals surface area contributed by atoms with Crippen LogP contribution in [0.1, 0.15) is 22.7 Å². The molecule has 2 aromatic rings. The van der Waals surface area contributed by atoms with Crippen LogP contribution in [0.2, 0.25) is 10.0 Å². The Bertz CT molecular complexity index is 813. The van der Waals surface area contributed by atoms with Gasteiger partial charge in [-0.3, -0.25) is 0 Å². The predicted octanol–water partition coefficient (Wildman–Crippen LogP) is 3.93. The van der Waals surface area contributed by atoms with Crippen molar-refractivity contribution >= 4 is 29.2 Å². The fraction of sp³-hybridized carbons (Fsp3) is 0.211. The molecule has 2 aromatic carbocycles. The minimum Gasteiger partial charge on any atom is -0.371 e. The lowest BCUT2D eigenvalue weighted by Crippen LogP contribution is -2.40. The van der Waals surface area contributed by atoms with Crippen LogP contribution >= 0.6 is 23.2 Å². The lowest BCUT2D eigenvalue weighted by atomic mass is 10.0. The molecule has 0 saturated heterocycles. The summed E-state index contributed by atoms with van der Waals surface area (Å²) in [4.78, 5) is 4.47. The minimum atomic E-state index is -0.155. The molecule has 130 valence electrons. The van der Waals surface area contributed by atoms with Gasteiger partial charge in [-0.15, -0.1) is 0 Å². The second kappa shape index (κ2) is 7.81. The Labute approximate surface area is 157 Å². The minimum absolute atomic E-state index is 0.155. The maximum Gasteiger partial charge on any atom is 0.195 e. The van der Waals surface area contributed by atoms with Gasteiger partial charge < -0.3 is 16.4 Å². The highest BCUT2D eigenvalue weighted by molar-refractivity contribution is 6.31. The molecule has 1 aliphatic heterocycles. The van der Waals surface area contributed by atoms with E-state index < -0.39 is 0 Å². The third kappa shape index (κ3) is 4.47. The number of aliphatic imine (C=N–C) groups is 1. The van der Waals surface area contributed by atoms with E-state index in [2.05, 4.69) is 15.6 Å². The predicted molar refractivity (Wildman–Crippen MR) is 105 cm³/mol. The highest BCUT2D eigenvalue weighted by Crippen LogP contribution is 2.28. The molecule has 1 aliphatic rings. The first-order valence-corrected chi connectivity index (χ1v) is 8.84. The molecule has 0 spiro atoms. The summed E-state index contributed by atoms with van der Waals surface area (Å²) in [6.07, 6.45) is 2.91. The van der Waals surface area contributed by atoms with Crippen molar-refractivity contribution in [3.05, 3.63) is 81.1 Å². The zero-order chi connectivity index (χ0) is 17.8. The number of guanidine groups is 1. The van der Waals surface area contributed by atoms with Crippen LogP contribution in [0.4, 0.5) is 0 Å². The van der Waals surface area contributed by atoms with E-state index in [0.29, 0.717) is 5.96 Å². The van der Waals surface area contributed by atoms with E-state index in [1.165, 1.54) is 5.56 Å². The lowest BCUT2D eigenvalue weighted by Gasteiger charge is -2.22. The van der Waals surface area contributed by atoms with E-state index in [0.717, 1.165) is 40.0 Å². The van der Waals surface area contributed by atoms with Gasteiger partial charge in [0.25, 0.3) is 0 Å². The summed E-state index contributed by atoms with van der Waals surface area (Å²) < 4.78 is 0. The Balaban J connectivity index is 1.68. The van der Waals surface area contributed by atoms with Crippen LogP contribution in [0.25, 0.3) is 0 Å². The molecular weight excluding hydrogens is 355 g/mol. The highest BCUT2D eigenvalue weighted by atomic mass is 35.5. The molecule has 4 nitrogen and oxygen atoms in total. The van der Waals surface area contributed by atoms with Gasteiger partial charge in [-0.05, 0) is 54.3 Å². The topological polar surface area (TPSA) is 62.4 Å². The molecule has 1 unspecified atom stereocenters. The molecular formula is C19H20Cl2N4. The molecule has 6 heteroatoms. The Hall–Kier alpha value is -2.17. The van der Waals surface area contributed by atoms with Gasteiger partial charge >= 0.3 is 0 Å². The third-order valence-electron chi connectivity index (χ3n) is 4.14. The van der Waals surface area contributed by atoms with Crippen molar-refractivity contribution in [1.29, 1.82) is 0 Å². The number of hydrogen-bond donors (Lipinski definition) is 3. The number of halogens is 2. The molecule has 0 fully saturated rings. The van der Waals surface area contributed by atoms with Crippen molar-refractivity contribution < 1.29 is 0 Å². The van der Waals surface area contributed by atoms with Crippen molar-refractivity contribution in [2.45, 2.75) is 19.4 Å². The fourth-order valence-electron chi connectivity index (χ4n) is 2.76. The number of nitrogens with two attached hydrogens (primary N) is 1. The first kappa shape index (κ1) is 17.6. The molecule has 0 radical (unpaired) electrons. The van der Waals surface area contributed by atoms with Crippen LogP contribution in [0.15, 0.2) is 59.4 Å². The van der Waals surface area contributed by atoms with Crippen LogP contribution in [0, 0.1) is 6.92 Å². The van der Waals surface area contributed by atoms with Crippen molar-refractivity contribution in [3.63, 3.8) is 0 Å². The molecule has 25 heavy (non-hydrogen) atoms. The summed E-state index contributed by atoms with van der Waals surface area (Å²) in [7, 11) is 0. The SMILES string of the molecule is Cc1c(Cl)cccc1C1C=C(NCCc2ccc(Cl)cc2)NC(N)=N1. The van der Waals surface area contributed by atoms with E-state index in [1.54, 1.807) is 0 Å². The summed E-state index contributed by atoms with van der Waals surface area (Å²) in [5.41, 5.74) is 9.24. The van der Waals surface area contributed by atoms with Crippen molar-refractivity contribution in [2.24, 2.45) is 10.7 Å². The summed E-state index contributed by atoms with van der Waals surface area (Å²) in [5, 5.41) is 7.92. The van der Waals surface area contributed by atoms with Gasteiger partial charge in [0, 0.05) is 16.6 Å². The summed E-state index contributed by atoms with van der Waals surface area (Å²) in [5.74, 6) is 1.24. The molecule has 0 aliphatic carbocycles. The van der Waals surface area contributed by atoms with Crippen LogP contribution in [0.3, 0.4) is 0 Å². The zero-order valence-corrected chi connectivity index (χ0v) is 15.4. The van der Waals surface area contributed by atoms with Crippen molar-refractivity contribution in [3.8, 4) is 0 Å². The second-order valence-electron chi connectivity index (χ2n) is 5.92. The van der Waals surface area contributed by atoms with Gasteiger partial charge in [0.05, 0.1) is 0 Å². The smallest absolute Gasteiger partial charge is 0.195 e. The van der Waals surface area contributed by atoms with Crippen LogP contribution in [-0.2, 0) is 6.42 Å². The Morgan fingerprint density at radius 1 is 1.16 bits per heavy atom. The lowest BCUT2D eigenvalue weighted by molar-refractivity contribution is 0.711. The normalized spacial score (nSPS) is 16.7. The first-order chi connectivity index (χ1) is 12.0. The summed E-state index contributed by atoms with van der Waals surface area (Å²) in [6, 6.07) is 13.5. The molecule has 0 amide bonds. The molecule has 0 saturated carbocycles. The standard InChI is InChI=1S/C19H20Cl2N4/c1-12-15(3-2-4-16(12)21)17-11-18(25-19(22)24-17)23-10-9-13-5-7-14(20)8-6-13/h2-8,11,17,23H,9-10H2,1H3,(H3,22,24,25). The van der Waals surface area contributed by atoms with Crippen molar-refractivity contribution in [2.75, 3.05) is 6.54 Å². The van der Waals surface area contributed by atoms with Gasteiger partial charge in [-0.2, -0.15) is 0 Å². The van der Waals surface area contributed by atoms with E-state index in [9.17, 15) is 0 Å². The Kier molecular flexibility index (Phi) is 5.51. The maximum absolute atomic E-state index is 6.23. The van der Waals surface area contributed by atoms with Gasteiger partial charge in [-0.1, -0.05) is 47.5 Å². The van der Waals surface area contributed by atoms with Gasteiger partial charge in [0.2, 0.25) is 0 Å². The van der Waals surface area contributed by atoms with Gasteiger partial charge in [0.1, 0.15) is 11.9 Å². The average Bonchev–Trinajstić information content (AvgIpc) is 2.59. The van der Waals surface area contributed by atoms with Crippen molar-refractivity contribution in [1.82, 2.24) is 10.6 Å². The first-order valence-electron chi connectivity index (χ1n) is 8.08. The number of rotatable bonds is 5. The second-order valence-corrected chi connectivity index (χ2v) is 6.77. The van der Waals surface area contributed by atoms with Crippen LogP contribution in [0.5, 0.6) is 0 Å². The van der Waals surface area contributed by atoms with E-state index in [-0.39, 0.29) is 6.04 Å². The zero-order valence-electron chi connectivity index (χ0n) is 13.9. The molecule has 3 rings (SSSR count). The average molecular weight is 375 g/mol. The molecule has 1 heterocycles. The van der Waals surface area contributed by atoms with E-state index in [1.807, 2.05) is 55.5 Å².